The second-order valence-corrected chi connectivity index (χ2v) is 1.07. The number of rotatable bonds is 2. The quantitative estimate of drug-likeness (QED) is 0.526. The molecule has 8 heavy (non-hydrogen) atoms. The molecular formula is C3H3F3NO. The van der Waals surface area contributed by atoms with Crippen molar-refractivity contribution in [3.63, 3.8) is 0 Å². The van der Waals surface area contributed by atoms with Crippen molar-refractivity contribution in [1.29, 1.82) is 0 Å². The minimum Gasteiger partial charge on any atom is -0.339 e. The van der Waals surface area contributed by atoms with Crippen LogP contribution in [-0.4, -0.2) is 19.1 Å². The van der Waals surface area contributed by atoms with Crippen molar-refractivity contribution in [1.82, 2.24) is 5.32 Å². The summed E-state index contributed by atoms with van der Waals surface area (Å²) in [5, 5.41) is 1.36. The Kier molecular flexibility index (Phi) is 2.30. The van der Waals surface area contributed by atoms with E-state index in [9.17, 15) is 13.2 Å². The Morgan fingerprint density at radius 1 is 1.50 bits per heavy atom. The lowest BCUT2D eigenvalue weighted by molar-refractivity contribution is -0.122. The zero-order chi connectivity index (χ0) is 6.62. The van der Waals surface area contributed by atoms with E-state index in [1.54, 1.807) is 0 Å². The first-order chi connectivity index (χ1) is 3.56. The molecule has 0 aliphatic carbocycles. The van der Waals surface area contributed by atoms with Crippen LogP contribution in [0.3, 0.4) is 0 Å². The maximum Gasteiger partial charge on any atom is 0.405 e. The van der Waals surface area contributed by atoms with E-state index in [0.717, 1.165) is 6.41 Å². The summed E-state index contributed by atoms with van der Waals surface area (Å²) in [4.78, 5) is 9.12. The molecule has 0 aliphatic heterocycles. The number of carbonyl (C=O) groups excluding carboxylic acids is 1. The maximum absolute atomic E-state index is 11.0. The highest BCUT2D eigenvalue weighted by Crippen LogP contribution is 2.11. The van der Waals surface area contributed by atoms with Crippen LogP contribution >= 0.6 is 0 Å². The highest BCUT2D eigenvalue weighted by Gasteiger charge is 2.26. The van der Waals surface area contributed by atoms with Gasteiger partial charge < -0.3 is 5.32 Å². The fraction of sp³-hybridized carbons (Fsp3) is 0.667. The Hall–Kier alpha value is -0.740. The van der Waals surface area contributed by atoms with E-state index in [2.05, 4.69) is 0 Å². The summed E-state index contributed by atoms with van der Waals surface area (Å²) in [5.74, 6) is 0. The Balaban J connectivity index is 3.24. The number of alkyl halides is 3. The van der Waals surface area contributed by atoms with Gasteiger partial charge in [-0.05, 0) is 0 Å². The third kappa shape index (κ3) is 5.26. The standard InChI is InChI=1S/C3H3F3NO/c4-3(5,6)1-7-2-8/h1H2,(H,7,8). The number of hydrogen-bond acceptors (Lipinski definition) is 1. The van der Waals surface area contributed by atoms with Crippen LogP contribution in [0, 0.1) is 0 Å². The zero-order valence-corrected chi connectivity index (χ0v) is 3.75. The van der Waals surface area contributed by atoms with Crippen LogP contribution in [0.5, 0.6) is 0 Å². The molecule has 0 atom stereocenters. The van der Waals surface area contributed by atoms with Gasteiger partial charge in [0.25, 0.3) is 0 Å². The van der Waals surface area contributed by atoms with E-state index in [0.29, 0.717) is 0 Å². The molecule has 1 N–H and O–H groups in total. The molecule has 0 saturated carbocycles. The van der Waals surface area contributed by atoms with Gasteiger partial charge in [0.05, 0.1) is 0 Å². The summed E-state index contributed by atoms with van der Waals surface area (Å²) in [6, 6.07) is 0. The molecule has 47 valence electrons. The van der Waals surface area contributed by atoms with Crippen molar-refractivity contribution < 1.29 is 18.0 Å². The summed E-state index contributed by atoms with van der Waals surface area (Å²) in [7, 11) is 0. The van der Waals surface area contributed by atoms with Crippen molar-refractivity contribution in [2.75, 3.05) is 6.54 Å². The molecule has 0 spiro atoms. The van der Waals surface area contributed by atoms with Crippen LogP contribution in [0.25, 0.3) is 0 Å². The summed E-state index contributed by atoms with van der Waals surface area (Å²) in [6.45, 7) is -1.31. The van der Waals surface area contributed by atoms with E-state index >= 15 is 0 Å². The Morgan fingerprint density at radius 3 is 2.12 bits per heavy atom. The first-order valence-corrected chi connectivity index (χ1v) is 1.73. The van der Waals surface area contributed by atoms with E-state index in [4.69, 9.17) is 4.79 Å². The van der Waals surface area contributed by atoms with Gasteiger partial charge >= 0.3 is 12.6 Å². The minimum atomic E-state index is -4.32. The Bertz CT molecular complexity index is 79.1. The van der Waals surface area contributed by atoms with Gasteiger partial charge in [0.2, 0.25) is 0 Å². The average Bonchev–Trinajstić information content (AvgIpc) is 1.59. The van der Waals surface area contributed by atoms with Crippen molar-refractivity contribution in [3.8, 4) is 0 Å². The average molecular weight is 126 g/mol. The molecule has 1 radical (unpaired) electrons. The highest BCUT2D eigenvalue weighted by atomic mass is 19.4. The molecule has 0 saturated heterocycles. The smallest absolute Gasteiger partial charge is 0.339 e. The van der Waals surface area contributed by atoms with Crippen LogP contribution in [0.4, 0.5) is 13.2 Å². The molecule has 1 amide bonds. The molecule has 5 heteroatoms. The Labute approximate surface area is 43.7 Å². The van der Waals surface area contributed by atoms with Crippen LogP contribution in [0.1, 0.15) is 0 Å². The number of halogens is 3. The zero-order valence-electron chi connectivity index (χ0n) is 3.75. The number of amides is 1. The van der Waals surface area contributed by atoms with Crippen LogP contribution < -0.4 is 5.32 Å². The topological polar surface area (TPSA) is 29.1 Å². The van der Waals surface area contributed by atoms with Gasteiger partial charge in [-0.25, -0.2) is 0 Å². The molecule has 0 rings (SSSR count). The molecule has 0 bridgehead atoms. The molecule has 0 aromatic carbocycles. The summed E-state index contributed by atoms with van der Waals surface area (Å²) in [6.07, 6.45) is -3.42. The fourth-order valence-electron chi connectivity index (χ4n) is 0.136. The van der Waals surface area contributed by atoms with Gasteiger partial charge in [0, 0.05) is 0 Å². The van der Waals surface area contributed by atoms with Gasteiger partial charge in [-0.15, -0.1) is 0 Å². The monoisotopic (exact) mass is 126 g/mol. The minimum absolute atomic E-state index is 0.904. The van der Waals surface area contributed by atoms with Crippen molar-refractivity contribution >= 4 is 6.41 Å². The lowest BCUT2D eigenvalue weighted by atomic mass is 10.6. The van der Waals surface area contributed by atoms with Crippen molar-refractivity contribution in [2.24, 2.45) is 0 Å². The van der Waals surface area contributed by atoms with Crippen molar-refractivity contribution in [3.05, 3.63) is 0 Å². The van der Waals surface area contributed by atoms with Crippen LogP contribution in [0.2, 0.25) is 0 Å². The first kappa shape index (κ1) is 7.26. The molecule has 2 nitrogen and oxygen atoms in total. The van der Waals surface area contributed by atoms with Gasteiger partial charge in [-0.3, -0.25) is 4.79 Å². The normalized spacial score (nSPS) is 10.9. The summed E-state index contributed by atoms with van der Waals surface area (Å²) in [5.41, 5.74) is 0. The third-order valence-corrected chi connectivity index (χ3v) is 0.361. The molecular weight excluding hydrogens is 123 g/mol. The number of hydrogen-bond donors (Lipinski definition) is 1. The molecule has 0 fully saturated rings. The summed E-state index contributed by atoms with van der Waals surface area (Å²) >= 11 is 0. The molecule has 0 aromatic rings. The van der Waals surface area contributed by atoms with E-state index in [1.165, 1.54) is 5.32 Å². The third-order valence-electron chi connectivity index (χ3n) is 0.361. The lowest BCUT2D eigenvalue weighted by Gasteiger charge is -2.01. The van der Waals surface area contributed by atoms with Gasteiger partial charge in [-0.2, -0.15) is 13.2 Å². The van der Waals surface area contributed by atoms with Gasteiger partial charge in [0.15, 0.2) is 0 Å². The Morgan fingerprint density at radius 2 is 2.00 bits per heavy atom. The second-order valence-electron chi connectivity index (χ2n) is 1.07. The fourth-order valence-corrected chi connectivity index (χ4v) is 0.136. The number of nitrogens with one attached hydrogen (secondary N) is 1. The van der Waals surface area contributed by atoms with Crippen LogP contribution in [0.15, 0.2) is 0 Å². The molecule has 0 aliphatic rings. The van der Waals surface area contributed by atoms with Gasteiger partial charge in [-0.1, -0.05) is 0 Å². The van der Waals surface area contributed by atoms with Crippen molar-refractivity contribution in [2.45, 2.75) is 6.18 Å². The first-order valence-electron chi connectivity index (χ1n) is 1.73. The van der Waals surface area contributed by atoms with E-state index in [-0.39, 0.29) is 0 Å². The second kappa shape index (κ2) is 2.54. The van der Waals surface area contributed by atoms with Crippen LogP contribution in [-0.2, 0) is 4.79 Å². The SMILES string of the molecule is O=[C]NCC(F)(F)F. The lowest BCUT2D eigenvalue weighted by Crippen LogP contribution is -2.27. The molecule has 0 heterocycles. The molecule has 0 aromatic heterocycles. The van der Waals surface area contributed by atoms with Gasteiger partial charge in [0.1, 0.15) is 6.54 Å². The molecule has 0 unspecified atom stereocenters. The summed E-state index contributed by atoms with van der Waals surface area (Å²) < 4.78 is 33.0. The predicted octanol–water partition coefficient (Wildman–Crippen LogP) is 0.206. The largest absolute Gasteiger partial charge is 0.405 e. The van der Waals surface area contributed by atoms with E-state index < -0.39 is 12.7 Å². The van der Waals surface area contributed by atoms with E-state index in [1.807, 2.05) is 0 Å². The maximum atomic E-state index is 11.0. The predicted molar refractivity (Wildman–Crippen MR) is 19.8 cm³/mol. The highest BCUT2D eigenvalue weighted by molar-refractivity contribution is 5.46.